The van der Waals surface area contributed by atoms with E-state index in [1.54, 1.807) is 17.0 Å². The van der Waals surface area contributed by atoms with Crippen LogP contribution in [0.4, 0.5) is 10.2 Å². The largest absolute Gasteiger partial charge is 0.481 e. The molecule has 0 spiro atoms. The van der Waals surface area contributed by atoms with E-state index in [-0.39, 0.29) is 18.2 Å². The molecule has 0 radical (unpaired) electrons. The molecule has 2 aliphatic rings. The minimum absolute atomic E-state index is 0.0427. The van der Waals surface area contributed by atoms with Gasteiger partial charge in [0.25, 0.3) is 0 Å². The summed E-state index contributed by atoms with van der Waals surface area (Å²) in [6, 6.07) is 17.5. The number of hydrogen-bond acceptors (Lipinski definition) is 4. The maximum atomic E-state index is 15.1. The summed E-state index contributed by atoms with van der Waals surface area (Å²) in [5, 5.41) is 12.9. The number of hydrogen-bond donors (Lipinski definition) is 2. The van der Waals surface area contributed by atoms with E-state index in [2.05, 4.69) is 17.4 Å². The highest BCUT2D eigenvalue weighted by molar-refractivity contribution is 5.82. The number of nitrogens with zero attached hydrogens (tertiary/aromatic N) is 2. The number of pyridine rings is 1. The number of carboxylic acid groups (broad SMARTS) is 1. The molecule has 1 amide bonds. The monoisotopic (exact) mass is 501 g/mol. The molecule has 1 saturated heterocycles. The molecule has 7 heteroatoms. The number of anilines is 1. The number of aryl methyl sites for hydroxylation is 2. The predicted octanol–water partition coefficient (Wildman–Crippen LogP) is 5.63. The van der Waals surface area contributed by atoms with Gasteiger partial charge in [0.05, 0.1) is 12.5 Å². The summed E-state index contributed by atoms with van der Waals surface area (Å²) in [6.45, 7) is 1.43. The smallest absolute Gasteiger partial charge is 0.305 e. The summed E-state index contributed by atoms with van der Waals surface area (Å²) in [5.74, 6) is -0.650. The fourth-order valence-electron chi connectivity index (χ4n) is 5.54. The lowest BCUT2D eigenvalue weighted by Gasteiger charge is -2.28. The Balaban J connectivity index is 1.25. The number of benzene rings is 2. The minimum Gasteiger partial charge on any atom is -0.481 e. The number of aromatic nitrogens is 1. The molecule has 1 fully saturated rings. The van der Waals surface area contributed by atoms with Gasteiger partial charge in [-0.25, -0.2) is 9.37 Å². The van der Waals surface area contributed by atoms with Gasteiger partial charge in [0.15, 0.2) is 0 Å². The lowest BCUT2D eigenvalue weighted by atomic mass is 9.97. The molecular formula is C30H32FN3O3. The van der Waals surface area contributed by atoms with Crippen molar-refractivity contribution in [3.8, 4) is 11.1 Å². The quantitative estimate of drug-likeness (QED) is 0.397. The van der Waals surface area contributed by atoms with E-state index in [0.29, 0.717) is 24.1 Å². The Morgan fingerprint density at radius 3 is 2.78 bits per heavy atom. The number of aliphatic carboxylic acids is 1. The van der Waals surface area contributed by atoms with Crippen molar-refractivity contribution in [3.63, 3.8) is 0 Å². The van der Waals surface area contributed by atoms with Crippen LogP contribution >= 0.6 is 0 Å². The highest BCUT2D eigenvalue weighted by atomic mass is 19.1. The van der Waals surface area contributed by atoms with Crippen molar-refractivity contribution < 1.29 is 19.1 Å². The van der Waals surface area contributed by atoms with Gasteiger partial charge in [-0.05, 0) is 67.3 Å². The number of halogens is 1. The topological polar surface area (TPSA) is 82.5 Å². The van der Waals surface area contributed by atoms with E-state index >= 15 is 4.39 Å². The van der Waals surface area contributed by atoms with Gasteiger partial charge >= 0.3 is 5.97 Å². The Morgan fingerprint density at radius 1 is 1.16 bits per heavy atom. The van der Waals surface area contributed by atoms with Crippen molar-refractivity contribution in [3.05, 3.63) is 83.3 Å². The maximum Gasteiger partial charge on any atom is 0.305 e. The number of carbonyl (C=O) groups is 2. The van der Waals surface area contributed by atoms with Gasteiger partial charge in [0.2, 0.25) is 5.91 Å². The van der Waals surface area contributed by atoms with Gasteiger partial charge in [-0.2, -0.15) is 0 Å². The first-order chi connectivity index (χ1) is 18.0. The predicted molar refractivity (Wildman–Crippen MR) is 141 cm³/mol. The number of rotatable bonds is 9. The molecule has 5 rings (SSSR count). The number of amides is 1. The second-order valence-electron chi connectivity index (χ2n) is 9.97. The average molecular weight is 502 g/mol. The summed E-state index contributed by atoms with van der Waals surface area (Å²) in [6.07, 6.45) is 4.96. The van der Waals surface area contributed by atoms with Crippen molar-refractivity contribution in [1.29, 1.82) is 0 Å². The van der Waals surface area contributed by atoms with Crippen LogP contribution in [0.2, 0.25) is 0 Å². The second-order valence-corrected chi connectivity index (χ2v) is 9.97. The number of nitrogens with one attached hydrogen (secondary N) is 1. The maximum absolute atomic E-state index is 15.1. The lowest BCUT2D eigenvalue weighted by molar-refractivity contribution is -0.140. The van der Waals surface area contributed by atoms with Crippen molar-refractivity contribution in [2.45, 2.75) is 51.0 Å². The Morgan fingerprint density at radius 2 is 2.00 bits per heavy atom. The fraction of sp³-hybridized carbons (Fsp3) is 0.367. The average Bonchev–Trinajstić information content (AvgIpc) is 3.27. The van der Waals surface area contributed by atoms with Gasteiger partial charge < -0.3 is 15.3 Å². The van der Waals surface area contributed by atoms with E-state index in [1.165, 1.54) is 11.6 Å². The summed E-state index contributed by atoms with van der Waals surface area (Å²) in [4.78, 5) is 31.4. The second kappa shape index (κ2) is 11.1. The van der Waals surface area contributed by atoms with E-state index in [9.17, 15) is 14.7 Å². The third-order valence-electron chi connectivity index (χ3n) is 7.50. The molecule has 2 aromatic carbocycles. The molecule has 2 N–H and O–H groups in total. The molecule has 3 aromatic rings. The molecular weight excluding hydrogens is 469 g/mol. The van der Waals surface area contributed by atoms with Crippen LogP contribution in [0.1, 0.15) is 55.0 Å². The highest BCUT2D eigenvalue weighted by Gasteiger charge is 2.37. The van der Waals surface area contributed by atoms with Crippen molar-refractivity contribution in [1.82, 2.24) is 9.88 Å². The van der Waals surface area contributed by atoms with Crippen LogP contribution in [-0.4, -0.2) is 40.0 Å². The van der Waals surface area contributed by atoms with Gasteiger partial charge in [0.1, 0.15) is 11.6 Å². The molecule has 0 bridgehead atoms. The highest BCUT2D eigenvalue weighted by Crippen LogP contribution is 2.35. The van der Waals surface area contributed by atoms with Gasteiger partial charge in [-0.1, -0.05) is 48.5 Å². The lowest BCUT2D eigenvalue weighted by Crippen LogP contribution is -2.33. The van der Waals surface area contributed by atoms with E-state index in [1.807, 2.05) is 30.3 Å². The molecule has 1 aromatic heterocycles. The fourth-order valence-corrected chi connectivity index (χ4v) is 5.54. The van der Waals surface area contributed by atoms with Gasteiger partial charge in [-0.3, -0.25) is 9.59 Å². The zero-order chi connectivity index (χ0) is 25.8. The van der Waals surface area contributed by atoms with Crippen molar-refractivity contribution >= 4 is 17.7 Å². The molecule has 0 saturated carbocycles. The van der Waals surface area contributed by atoms with Gasteiger partial charge in [-0.15, -0.1) is 0 Å². The number of carbonyl (C=O) groups excluding carboxylic acids is 1. The van der Waals surface area contributed by atoms with E-state index < -0.39 is 17.8 Å². The SMILES string of the molecule is O=C(O)C[C@@H](c1ccc(-c2ccccc2)c(F)c1)N1CCC(CCCc2ccc3c(n2)NCCC3)C1=O. The van der Waals surface area contributed by atoms with Crippen LogP contribution < -0.4 is 5.32 Å². The van der Waals surface area contributed by atoms with Crippen LogP contribution in [0.5, 0.6) is 0 Å². The molecule has 192 valence electrons. The van der Waals surface area contributed by atoms with Crippen LogP contribution in [0.3, 0.4) is 0 Å². The Bertz CT molecular complexity index is 1280. The third kappa shape index (κ3) is 5.66. The van der Waals surface area contributed by atoms with Crippen LogP contribution in [0.25, 0.3) is 11.1 Å². The first-order valence-electron chi connectivity index (χ1n) is 13.1. The number of fused-ring (bicyclic) bond motifs is 1. The molecule has 2 aliphatic heterocycles. The summed E-state index contributed by atoms with van der Waals surface area (Å²) in [7, 11) is 0. The molecule has 37 heavy (non-hydrogen) atoms. The summed E-state index contributed by atoms with van der Waals surface area (Å²) < 4.78 is 15.1. The van der Waals surface area contributed by atoms with E-state index in [0.717, 1.165) is 55.7 Å². The van der Waals surface area contributed by atoms with Crippen molar-refractivity contribution in [2.75, 3.05) is 18.4 Å². The zero-order valence-corrected chi connectivity index (χ0v) is 20.8. The zero-order valence-electron chi connectivity index (χ0n) is 20.8. The summed E-state index contributed by atoms with van der Waals surface area (Å²) >= 11 is 0. The Hall–Kier alpha value is -3.74. The standard InChI is InChI=1S/C30H32FN3O3/c31-26-18-23(12-14-25(26)20-6-2-1-3-7-20)27(19-28(35)36)34-17-15-22(30(34)37)8-4-10-24-13-11-21-9-5-16-32-29(21)33-24/h1-3,6-7,11-14,18,22,27H,4-5,8-10,15-17,19H2,(H,32,33)(H,35,36)/t22?,27-/m0/s1. The van der Waals surface area contributed by atoms with E-state index in [4.69, 9.17) is 4.98 Å². The molecule has 0 aliphatic carbocycles. The number of likely N-dealkylation sites (tertiary alicyclic amines) is 1. The third-order valence-corrected chi connectivity index (χ3v) is 7.50. The minimum atomic E-state index is -1.01. The van der Waals surface area contributed by atoms with Crippen molar-refractivity contribution in [2.24, 2.45) is 5.92 Å². The van der Waals surface area contributed by atoms with Crippen LogP contribution in [0.15, 0.2) is 60.7 Å². The Kier molecular flexibility index (Phi) is 7.49. The van der Waals surface area contributed by atoms with Gasteiger partial charge in [0, 0.05) is 30.3 Å². The molecule has 1 unspecified atom stereocenters. The first kappa shape index (κ1) is 24.9. The van der Waals surface area contributed by atoms with Crippen LogP contribution in [-0.2, 0) is 22.4 Å². The normalized spacial score (nSPS) is 17.8. The summed E-state index contributed by atoms with van der Waals surface area (Å²) in [5.41, 5.74) is 4.00. The molecule has 6 nitrogen and oxygen atoms in total. The van der Waals surface area contributed by atoms with Crippen LogP contribution in [0, 0.1) is 11.7 Å². The molecule has 2 atom stereocenters. The Labute approximate surface area is 216 Å². The first-order valence-corrected chi connectivity index (χ1v) is 13.1. The number of carboxylic acids is 1. The molecule has 3 heterocycles.